The van der Waals surface area contributed by atoms with Crippen LogP contribution in [-0.2, 0) is 4.79 Å². The lowest BCUT2D eigenvalue weighted by molar-refractivity contribution is -0.129. The van der Waals surface area contributed by atoms with Crippen LogP contribution in [0.4, 0.5) is 11.6 Å². The molecule has 1 atom stereocenters. The van der Waals surface area contributed by atoms with Crippen molar-refractivity contribution in [2.24, 2.45) is 0 Å². The number of benzene rings is 1. The van der Waals surface area contributed by atoms with Crippen LogP contribution in [0.3, 0.4) is 0 Å². The highest BCUT2D eigenvalue weighted by Gasteiger charge is 2.28. The molecule has 0 unspecified atom stereocenters. The number of carbonyl (C=O) groups excluding carboxylic acids is 1. The van der Waals surface area contributed by atoms with Gasteiger partial charge in [-0.2, -0.15) is 0 Å². The first-order chi connectivity index (χ1) is 15.1. The van der Waals surface area contributed by atoms with E-state index in [9.17, 15) is 4.79 Å². The van der Waals surface area contributed by atoms with Gasteiger partial charge in [0.05, 0.1) is 11.7 Å². The molecule has 6 heteroatoms. The molecule has 1 saturated heterocycles. The molecule has 6 nitrogen and oxygen atoms in total. The smallest absolute Gasteiger partial charge is 0.247 e. The zero-order chi connectivity index (χ0) is 21.6. The van der Waals surface area contributed by atoms with Crippen molar-refractivity contribution in [2.45, 2.75) is 39.2 Å². The second-order valence-corrected chi connectivity index (χ2v) is 7.80. The highest BCUT2D eigenvalue weighted by Crippen LogP contribution is 2.31. The number of aromatic nitrogens is 3. The summed E-state index contributed by atoms with van der Waals surface area (Å²) in [5.41, 5.74) is 2.81. The van der Waals surface area contributed by atoms with Gasteiger partial charge in [0.15, 0.2) is 0 Å². The van der Waals surface area contributed by atoms with Gasteiger partial charge < -0.3 is 10.2 Å². The van der Waals surface area contributed by atoms with Gasteiger partial charge in [-0.25, -0.2) is 15.0 Å². The zero-order valence-corrected chi connectivity index (χ0v) is 18.0. The van der Waals surface area contributed by atoms with Crippen LogP contribution in [0, 0.1) is 13.8 Å². The molecule has 4 rings (SSSR count). The maximum Gasteiger partial charge on any atom is 0.247 e. The predicted octanol–water partition coefficient (Wildman–Crippen LogP) is 5.00. The summed E-state index contributed by atoms with van der Waals surface area (Å²) in [5.74, 6) is 2.12. The summed E-state index contributed by atoms with van der Waals surface area (Å²) in [6.07, 6.45) is 6.50. The fourth-order valence-electron chi connectivity index (χ4n) is 3.90. The van der Waals surface area contributed by atoms with Crippen molar-refractivity contribution in [1.82, 2.24) is 19.9 Å². The Morgan fingerprint density at radius 3 is 2.65 bits per heavy atom. The first-order valence-corrected chi connectivity index (χ1v) is 10.7. The fourth-order valence-corrected chi connectivity index (χ4v) is 3.90. The van der Waals surface area contributed by atoms with Crippen molar-refractivity contribution < 1.29 is 4.79 Å². The molecule has 0 saturated carbocycles. The Balaban J connectivity index is 1.56. The summed E-state index contributed by atoms with van der Waals surface area (Å²) in [5, 5.41) is 3.28. The number of amides is 1. The molecular weight excluding hydrogens is 386 g/mol. The summed E-state index contributed by atoms with van der Waals surface area (Å²) in [4.78, 5) is 28.6. The third kappa shape index (κ3) is 5.34. The molecule has 3 heterocycles. The lowest BCUT2D eigenvalue weighted by Crippen LogP contribution is -2.38. The average Bonchev–Trinajstić information content (AvgIpc) is 2.78. The van der Waals surface area contributed by atoms with Gasteiger partial charge in [-0.05, 0) is 56.9 Å². The van der Waals surface area contributed by atoms with Gasteiger partial charge in [0.1, 0.15) is 17.5 Å². The van der Waals surface area contributed by atoms with Crippen molar-refractivity contribution in [1.29, 1.82) is 0 Å². The molecule has 3 aromatic rings. The molecule has 1 amide bonds. The molecule has 1 aliphatic rings. The number of aryl methyl sites for hydroxylation is 2. The maximum atomic E-state index is 13.0. The Bertz CT molecular complexity index is 1080. The summed E-state index contributed by atoms with van der Waals surface area (Å²) in [7, 11) is 0. The third-order valence-corrected chi connectivity index (χ3v) is 5.35. The molecule has 0 spiro atoms. The third-order valence-electron chi connectivity index (χ3n) is 5.35. The van der Waals surface area contributed by atoms with Crippen molar-refractivity contribution in [3.8, 4) is 0 Å². The quantitative estimate of drug-likeness (QED) is 0.596. The van der Waals surface area contributed by atoms with Crippen molar-refractivity contribution in [3.05, 3.63) is 83.4 Å². The number of carbonyl (C=O) groups is 1. The second kappa shape index (κ2) is 9.51. The zero-order valence-electron chi connectivity index (χ0n) is 18.0. The first kappa shape index (κ1) is 20.7. The Morgan fingerprint density at radius 1 is 1.00 bits per heavy atom. The lowest BCUT2D eigenvalue weighted by atomic mass is 9.98. The van der Waals surface area contributed by atoms with E-state index in [0.717, 1.165) is 48.6 Å². The summed E-state index contributed by atoms with van der Waals surface area (Å²) >= 11 is 0. The van der Waals surface area contributed by atoms with Gasteiger partial charge in [-0.15, -0.1) is 0 Å². The molecule has 0 aliphatic carbocycles. The van der Waals surface area contributed by atoms with Crippen LogP contribution in [0.25, 0.3) is 6.08 Å². The van der Waals surface area contributed by atoms with E-state index in [1.807, 2.05) is 79.4 Å². The topological polar surface area (TPSA) is 71.0 Å². The molecule has 1 fully saturated rings. The van der Waals surface area contributed by atoms with E-state index < -0.39 is 0 Å². The van der Waals surface area contributed by atoms with Crippen LogP contribution < -0.4 is 5.32 Å². The minimum Gasteiger partial charge on any atom is -0.331 e. The van der Waals surface area contributed by atoms with E-state index in [-0.39, 0.29) is 11.9 Å². The number of pyridine rings is 1. The molecule has 0 bridgehead atoms. The largest absolute Gasteiger partial charge is 0.331 e. The number of nitrogens with zero attached hydrogens (tertiary/aromatic N) is 4. The summed E-state index contributed by atoms with van der Waals surface area (Å²) in [6, 6.07) is 17.6. The number of hydrogen-bond donors (Lipinski definition) is 1. The minimum atomic E-state index is -0.0607. The van der Waals surface area contributed by atoms with E-state index in [2.05, 4.69) is 20.3 Å². The van der Waals surface area contributed by atoms with Crippen molar-refractivity contribution in [2.75, 3.05) is 11.9 Å². The van der Waals surface area contributed by atoms with Crippen LogP contribution in [0.2, 0.25) is 0 Å². The van der Waals surface area contributed by atoms with E-state index in [0.29, 0.717) is 11.6 Å². The summed E-state index contributed by atoms with van der Waals surface area (Å²) in [6.45, 7) is 4.56. The normalized spacial score (nSPS) is 16.5. The number of anilines is 2. The molecule has 1 N–H and O–H groups in total. The Kier molecular flexibility index (Phi) is 6.36. The van der Waals surface area contributed by atoms with Crippen LogP contribution in [0.5, 0.6) is 0 Å². The van der Waals surface area contributed by atoms with Gasteiger partial charge >= 0.3 is 0 Å². The molecule has 31 heavy (non-hydrogen) atoms. The average molecular weight is 414 g/mol. The van der Waals surface area contributed by atoms with Crippen LogP contribution in [0.15, 0.2) is 60.7 Å². The second-order valence-electron chi connectivity index (χ2n) is 7.80. The van der Waals surface area contributed by atoms with E-state index in [4.69, 9.17) is 0 Å². The van der Waals surface area contributed by atoms with E-state index in [1.54, 1.807) is 6.08 Å². The summed E-state index contributed by atoms with van der Waals surface area (Å²) < 4.78 is 0. The van der Waals surface area contributed by atoms with Gasteiger partial charge in [0, 0.05) is 24.4 Å². The predicted molar refractivity (Wildman–Crippen MR) is 123 cm³/mol. The lowest BCUT2D eigenvalue weighted by Gasteiger charge is -2.35. The van der Waals surface area contributed by atoms with E-state index >= 15 is 0 Å². The van der Waals surface area contributed by atoms with Crippen molar-refractivity contribution >= 4 is 23.6 Å². The Labute approximate surface area is 183 Å². The SMILES string of the molecule is Cc1cccc(Nc2cc([C@@H]3CCCCN3C(=O)/C=C/c3ccccc3)nc(C)n2)n1. The number of piperidine rings is 1. The fraction of sp³-hybridized carbons (Fsp3) is 0.280. The molecule has 2 aromatic heterocycles. The van der Waals surface area contributed by atoms with Gasteiger partial charge in [0.2, 0.25) is 5.91 Å². The molecule has 0 radical (unpaired) electrons. The molecule has 1 aliphatic heterocycles. The monoisotopic (exact) mass is 413 g/mol. The van der Waals surface area contributed by atoms with Crippen LogP contribution in [-0.4, -0.2) is 32.3 Å². The number of hydrogen-bond acceptors (Lipinski definition) is 5. The van der Waals surface area contributed by atoms with Gasteiger partial charge in [-0.3, -0.25) is 4.79 Å². The minimum absolute atomic E-state index is 0.0136. The molecule has 158 valence electrons. The molecular formula is C25H27N5O. The van der Waals surface area contributed by atoms with Crippen LogP contribution >= 0.6 is 0 Å². The van der Waals surface area contributed by atoms with E-state index in [1.165, 1.54) is 0 Å². The molecule has 1 aromatic carbocycles. The maximum absolute atomic E-state index is 13.0. The first-order valence-electron chi connectivity index (χ1n) is 10.7. The van der Waals surface area contributed by atoms with Gasteiger partial charge in [0.25, 0.3) is 0 Å². The highest BCUT2D eigenvalue weighted by atomic mass is 16.2. The number of nitrogens with one attached hydrogen (secondary N) is 1. The van der Waals surface area contributed by atoms with Gasteiger partial charge in [-0.1, -0.05) is 36.4 Å². The Morgan fingerprint density at radius 2 is 1.84 bits per heavy atom. The highest BCUT2D eigenvalue weighted by molar-refractivity contribution is 5.92. The standard InChI is InChI=1S/C25H27N5O/c1-18-9-8-13-23(26-18)29-24-17-21(27-19(2)28-24)22-12-6-7-16-30(22)25(31)15-14-20-10-4-3-5-11-20/h3-5,8-11,13-15,17,22H,6-7,12,16H2,1-2H3,(H,26,27,28,29)/b15-14+/t22-/m0/s1. The van der Waals surface area contributed by atoms with Crippen LogP contribution in [0.1, 0.15) is 48.1 Å². The number of likely N-dealkylation sites (tertiary alicyclic amines) is 1. The van der Waals surface area contributed by atoms with Crippen molar-refractivity contribution in [3.63, 3.8) is 0 Å². The number of rotatable bonds is 5. The Hall–Kier alpha value is -3.54.